The Morgan fingerprint density at radius 1 is 1.22 bits per heavy atom. The maximum atomic E-state index is 13.0. The van der Waals surface area contributed by atoms with Crippen molar-refractivity contribution in [2.75, 3.05) is 42.9 Å². The third kappa shape index (κ3) is 4.79. The van der Waals surface area contributed by atoms with Crippen LogP contribution >= 0.6 is 0 Å². The molecule has 1 fully saturated rings. The molecule has 142 valence electrons. The van der Waals surface area contributed by atoms with Crippen molar-refractivity contribution in [2.45, 2.75) is 6.92 Å². The number of piperazine rings is 1. The van der Waals surface area contributed by atoms with E-state index < -0.39 is 4.92 Å². The van der Waals surface area contributed by atoms with E-state index in [1.807, 2.05) is 0 Å². The Bertz CT molecular complexity index is 833. The van der Waals surface area contributed by atoms with Crippen LogP contribution in [0.2, 0.25) is 0 Å². The second kappa shape index (κ2) is 8.13. The van der Waals surface area contributed by atoms with Gasteiger partial charge in [-0.1, -0.05) is 6.07 Å². The van der Waals surface area contributed by atoms with Crippen LogP contribution in [-0.4, -0.2) is 43.6 Å². The summed E-state index contributed by atoms with van der Waals surface area (Å²) in [5.41, 5.74) is 2.19. The van der Waals surface area contributed by atoms with Crippen LogP contribution in [0, 0.1) is 22.9 Å². The Hall–Kier alpha value is -3.00. The summed E-state index contributed by atoms with van der Waals surface area (Å²) in [5, 5.41) is 13.7. The largest absolute Gasteiger partial charge is 0.360 e. The van der Waals surface area contributed by atoms with Crippen molar-refractivity contribution < 1.29 is 19.0 Å². The lowest BCUT2D eigenvalue weighted by molar-refractivity contribution is -0.892. The van der Waals surface area contributed by atoms with Crippen LogP contribution in [0.3, 0.4) is 0 Å². The number of hydrogen-bond donors (Lipinski definition) is 2. The molecular weight excluding hydrogens is 351 g/mol. The molecule has 3 rings (SSSR count). The fourth-order valence-corrected chi connectivity index (χ4v) is 3.19. The zero-order chi connectivity index (χ0) is 19.4. The van der Waals surface area contributed by atoms with Gasteiger partial charge < -0.3 is 15.1 Å². The molecule has 1 saturated heterocycles. The van der Waals surface area contributed by atoms with Gasteiger partial charge in [0.1, 0.15) is 5.82 Å². The Morgan fingerprint density at radius 2 is 1.89 bits per heavy atom. The molecule has 2 aromatic rings. The van der Waals surface area contributed by atoms with Crippen LogP contribution in [0.25, 0.3) is 0 Å². The zero-order valence-corrected chi connectivity index (χ0v) is 15.1. The number of hydrogen-bond acceptors (Lipinski definition) is 4. The van der Waals surface area contributed by atoms with Gasteiger partial charge in [-0.3, -0.25) is 14.9 Å². The topological polar surface area (TPSA) is 79.9 Å². The highest BCUT2D eigenvalue weighted by atomic mass is 19.1. The summed E-state index contributed by atoms with van der Waals surface area (Å²) >= 11 is 0. The molecule has 0 atom stereocenters. The van der Waals surface area contributed by atoms with Gasteiger partial charge in [0.25, 0.3) is 11.6 Å². The van der Waals surface area contributed by atoms with Gasteiger partial charge in [0.2, 0.25) is 0 Å². The molecule has 1 aliphatic heterocycles. The van der Waals surface area contributed by atoms with Gasteiger partial charge in [-0.2, -0.15) is 0 Å². The lowest BCUT2D eigenvalue weighted by Gasteiger charge is -2.33. The first-order valence-corrected chi connectivity index (χ1v) is 8.81. The highest BCUT2D eigenvalue weighted by molar-refractivity contribution is 5.92. The van der Waals surface area contributed by atoms with Gasteiger partial charge in [-0.15, -0.1) is 0 Å². The van der Waals surface area contributed by atoms with Crippen molar-refractivity contribution in [3.8, 4) is 0 Å². The SMILES string of the molecule is Cc1ccc([N+](=O)[O-])cc1NC(=O)C[NH+]1CCN(c2ccc(F)cc2)CC1. The number of benzene rings is 2. The molecule has 0 unspecified atom stereocenters. The lowest BCUT2D eigenvalue weighted by atomic mass is 10.2. The molecule has 1 heterocycles. The summed E-state index contributed by atoms with van der Waals surface area (Å²) < 4.78 is 13.0. The Morgan fingerprint density at radius 3 is 2.52 bits per heavy atom. The quantitative estimate of drug-likeness (QED) is 0.613. The van der Waals surface area contributed by atoms with Crippen molar-refractivity contribution in [2.24, 2.45) is 0 Å². The Balaban J connectivity index is 1.53. The summed E-state index contributed by atoms with van der Waals surface area (Å²) in [6, 6.07) is 10.9. The van der Waals surface area contributed by atoms with Crippen LogP contribution in [0.15, 0.2) is 42.5 Å². The Labute approximate surface area is 156 Å². The normalized spacial score (nSPS) is 14.8. The zero-order valence-electron chi connectivity index (χ0n) is 15.1. The van der Waals surface area contributed by atoms with E-state index in [2.05, 4.69) is 10.2 Å². The average Bonchev–Trinajstić information content (AvgIpc) is 2.64. The van der Waals surface area contributed by atoms with Gasteiger partial charge in [-0.25, -0.2) is 4.39 Å². The van der Waals surface area contributed by atoms with E-state index in [-0.39, 0.29) is 17.4 Å². The van der Waals surface area contributed by atoms with E-state index >= 15 is 0 Å². The molecule has 8 heteroatoms. The number of anilines is 2. The maximum absolute atomic E-state index is 13.0. The number of non-ortho nitro benzene ring substituents is 1. The molecule has 0 bridgehead atoms. The van der Waals surface area contributed by atoms with E-state index in [0.717, 1.165) is 42.3 Å². The molecular formula is C19H22FN4O3+. The lowest BCUT2D eigenvalue weighted by Crippen LogP contribution is -3.15. The molecule has 0 radical (unpaired) electrons. The second-order valence-corrected chi connectivity index (χ2v) is 6.69. The highest BCUT2D eigenvalue weighted by Crippen LogP contribution is 2.21. The molecule has 0 spiro atoms. The van der Waals surface area contributed by atoms with Crippen LogP contribution in [-0.2, 0) is 4.79 Å². The first kappa shape index (κ1) is 18.8. The number of halogens is 1. The number of nitro groups is 1. The van der Waals surface area contributed by atoms with Crippen LogP contribution in [0.4, 0.5) is 21.5 Å². The Kier molecular flexibility index (Phi) is 5.66. The number of nitro benzene ring substituents is 1. The maximum Gasteiger partial charge on any atom is 0.279 e. The molecule has 1 aliphatic rings. The van der Waals surface area contributed by atoms with Crippen LogP contribution in [0.5, 0.6) is 0 Å². The van der Waals surface area contributed by atoms with Crippen molar-refractivity contribution in [3.63, 3.8) is 0 Å². The number of carbonyl (C=O) groups excluding carboxylic acids is 1. The van der Waals surface area contributed by atoms with E-state index in [0.29, 0.717) is 12.2 Å². The number of nitrogens with zero attached hydrogens (tertiary/aromatic N) is 2. The van der Waals surface area contributed by atoms with E-state index in [4.69, 9.17) is 0 Å². The minimum atomic E-state index is -0.477. The predicted octanol–water partition coefficient (Wildman–Crippen LogP) is 1.39. The molecule has 27 heavy (non-hydrogen) atoms. The number of quaternary nitrogens is 1. The first-order chi connectivity index (χ1) is 12.9. The molecule has 1 amide bonds. The van der Waals surface area contributed by atoms with E-state index in [1.165, 1.54) is 24.3 Å². The molecule has 7 nitrogen and oxygen atoms in total. The fourth-order valence-electron chi connectivity index (χ4n) is 3.19. The third-order valence-electron chi connectivity index (χ3n) is 4.78. The van der Waals surface area contributed by atoms with Crippen molar-refractivity contribution in [1.82, 2.24) is 0 Å². The van der Waals surface area contributed by atoms with Crippen molar-refractivity contribution in [1.29, 1.82) is 0 Å². The van der Waals surface area contributed by atoms with E-state index in [1.54, 1.807) is 25.1 Å². The molecule has 0 aromatic heterocycles. The summed E-state index contributed by atoms with van der Waals surface area (Å²) in [4.78, 5) is 26.1. The molecule has 2 N–H and O–H groups in total. The summed E-state index contributed by atoms with van der Waals surface area (Å²) in [5.74, 6) is -0.417. The van der Waals surface area contributed by atoms with Gasteiger partial charge in [-0.05, 0) is 36.8 Å². The number of rotatable bonds is 5. The minimum absolute atomic E-state index is 0.0452. The minimum Gasteiger partial charge on any atom is -0.360 e. The number of nitrogens with one attached hydrogen (secondary N) is 2. The number of amides is 1. The monoisotopic (exact) mass is 373 g/mol. The smallest absolute Gasteiger partial charge is 0.279 e. The summed E-state index contributed by atoms with van der Waals surface area (Å²) in [6.45, 7) is 5.25. The number of carbonyl (C=O) groups is 1. The molecule has 2 aromatic carbocycles. The first-order valence-electron chi connectivity index (χ1n) is 8.81. The van der Waals surface area contributed by atoms with Crippen molar-refractivity contribution in [3.05, 3.63) is 64.0 Å². The highest BCUT2D eigenvalue weighted by Gasteiger charge is 2.23. The molecule has 0 saturated carbocycles. The number of aryl methyl sites for hydroxylation is 1. The van der Waals surface area contributed by atoms with Gasteiger partial charge in [0.15, 0.2) is 6.54 Å². The van der Waals surface area contributed by atoms with Gasteiger partial charge >= 0.3 is 0 Å². The summed E-state index contributed by atoms with van der Waals surface area (Å²) in [6.07, 6.45) is 0. The van der Waals surface area contributed by atoms with E-state index in [9.17, 15) is 19.3 Å². The standard InChI is InChI=1S/C19H21FN4O3/c1-14-2-5-17(24(26)27)12-18(14)21-19(25)13-22-8-10-23(11-9-22)16-6-3-15(20)4-7-16/h2-7,12H,8-11,13H2,1H3,(H,21,25)/p+1. The van der Waals surface area contributed by atoms with Crippen molar-refractivity contribution >= 4 is 23.0 Å². The fraction of sp³-hybridized carbons (Fsp3) is 0.316. The van der Waals surface area contributed by atoms with Gasteiger partial charge in [0.05, 0.1) is 36.8 Å². The summed E-state index contributed by atoms with van der Waals surface area (Å²) in [7, 11) is 0. The average molecular weight is 373 g/mol. The van der Waals surface area contributed by atoms with Crippen LogP contribution < -0.4 is 15.1 Å². The third-order valence-corrected chi connectivity index (χ3v) is 4.78. The molecule has 0 aliphatic carbocycles. The predicted molar refractivity (Wildman–Crippen MR) is 101 cm³/mol. The van der Waals surface area contributed by atoms with Crippen LogP contribution in [0.1, 0.15) is 5.56 Å². The van der Waals surface area contributed by atoms with Gasteiger partial charge in [0, 0.05) is 17.8 Å². The second-order valence-electron chi connectivity index (χ2n) is 6.69.